The molecule has 0 fully saturated rings. The van der Waals surface area contributed by atoms with Crippen molar-refractivity contribution in [1.82, 2.24) is 0 Å². The van der Waals surface area contributed by atoms with E-state index in [1.807, 2.05) is 0 Å². The second-order valence-corrected chi connectivity index (χ2v) is 33.0. The van der Waals surface area contributed by atoms with E-state index in [2.05, 4.69) is 41.5 Å². The first-order chi connectivity index (χ1) is 48.4. The third kappa shape index (κ3) is 74.3. The van der Waals surface area contributed by atoms with Gasteiger partial charge in [-0.25, -0.2) is 9.13 Å². The van der Waals surface area contributed by atoms with Crippen LogP contribution in [0.1, 0.15) is 427 Å². The van der Waals surface area contributed by atoms with E-state index < -0.39 is 97.5 Å². The standard InChI is InChI=1S/C81H158O17P2/c1-7-9-11-13-15-17-18-19-20-21-22-23-24-25-30-33-36-41-47-53-59-65-80(85)97-77(70-92-79(84)64-58-52-46-40-35-32-29-27-26-28-31-34-38-43-49-55-61-73(3)4)72-96-100(89,90)94-68-75(82)67-93-99(87,88)95-71-76(69-91-78(83)63-57-51-45-16-14-12-10-8-2)98-81(86)66-60-54-48-42-37-39-44-50-56-62-74(5)6/h73-77,82H,7-72H2,1-6H3,(H,87,88)(H,89,90)/t75-,76+,77+/m0/s1. The molecule has 5 atom stereocenters. The molecular formula is C81H158O17P2. The lowest BCUT2D eigenvalue weighted by atomic mass is 10.0. The van der Waals surface area contributed by atoms with E-state index in [1.54, 1.807) is 0 Å². The number of phosphoric ester groups is 2. The molecule has 0 aromatic rings. The van der Waals surface area contributed by atoms with Crippen molar-refractivity contribution in [2.24, 2.45) is 11.8 Å². The van der Waals surface area contributed by atoms with E-state index in [9.17, 15) is 43.2 Å². The first-order valence-electron chi connectivity index (χ1n) is 42.0. The molecule has 0 aliphatic carbocycles. The summed E-state index contributed by atoms with van der Waals surface area (Å²) < 4.78 is 68.6. The molecule has 0 heterocycles. The maximum absolute atomic E-state index is 13.1. The van der Waals surface area contributed by atoms with E-state index in [1.165, 1.54) is 238 Å². The number of aliphatic hydroxyl groups is 1. The van der Waals surface area contributed by atoms with Gasteiger partial charge < -0.3 is 33.8 Å². The molecule has 0 bridgehead atoms. The summed E-state index contributed by atoms with van der Waals surface area (Å²) in [6.07, 6.45) is 62.7. The van der Waals surface area contributed by atoms with Gasteiger partial charge in [-0.15, -0.1) is 0 Å². The zero-order valence-electron chi connectivity index (χ0n) is 65.5. The SMILES string of the molecule is CCCCCCCCCCCCCCCCCCCCCCCC(=O)O[C@H](COC(=O)CCCCCCCCCCCCCCCCCCC(C)C)COP(=O)(O)OC[C@@H](O)COP(=O)(O)OC[C@@H](COC(=O)CCCCCCCCCC)OC(=O)CCCCCCCCCCCC(C)C. The summed E-state index contributed by atoms with van der Waals surface area (Å²) in [6.45, 7) is 9.61. The van der Waals surface area contributed by atoms with Gasteiger partial charge in [-0.05, 0) is 37.5 Å². The number of unbranched alkanes of at least 4 members (excludes halogenated alkanes) is 50. The van der Waals surface area contributed by atoms with Gasteiger partial charge in [0.15, 0.2) is 12.2 Å². The highest BCUT2D eigenvalue weighted by atomic mass is 31.2. The van der Waals surface area contributed by atoms with Gasteiger partial charge in [-0.3, -0.25) is 37.3 Å². The van der Waals surface area contributed by atoms with Crippen LogP contribution in [0.3, 0.4) is 0 Å². The van der Waals surface area contributed by atoms with Gasteiger partial charge in [-0.2, -0.15) is 0 Å². The van der Waals surface area contributed by atoms with Gasteiger partial charge in [0, 0.05) is 25.7 Å². The first-order valence-corrected chi connectivity index (χ1v) is 45.0. The van der Waals surface area contributed by atoms with Crippen molar-refractivity contribution in [3.05, 3.63) is 0 Å². The lowest BCUT2D eigenvalue weighted by molar-refractivity contribution is -0.161. The van der Waals surface area contributed by atoms with Crippen molar-refractivity contribution >= 4 is 39.5 Å². The number of carbonyl (C=O) groups excluding carboxylic acids is 4. The van der Waals surface area contributed by atoms with Crippen molar-refractivity contribution < 1.29 is 80.2 Å². The van der Waals surface area contributed by atoms with Gasteiger partial charge in [0.25, 0.3) is 0 Å². The van der Waals surface area contributed by atoms with E-state index in [-0.39, 0.29) is 25.7 Å². The van der Waals surface area contributed by atoms with Crippen molar-refractivity contribution in [2.45, 2.75) is 445 Å². The van der Waals surface area contributed by atoms with Crippen molar-refractivity contribution in [3.63, 3.8) is 0 Å². The summed E-state index contributed by atoms with van der Waals surface area (Å²) in [6, 6.07) is 0. The van der Waals surface area contributed by atoms with Crippen molar-refractivity contribution in [2.75, 3.05) is 39.6 Å². The first kappa shape index (κ1) is 98.1. The molecule has 0 aromatic carbocycles. The van der Waals surface area contributed by atoms with Crippen LogP contribution in [0, 0.1) is 11.8 Å². The Morgan fingerprint density at radius 1 is 0.270 bits per heavy atom. The maximum Gasteiger partial charge on any atom is 0.472 e. The molecule has 0 rings (SSSR count). The Morgan fingerprint density at radius 3 is 0.680 bits per heavy atom. The molecule has 0 aliphatic rings. The molecule has 0 amide bonds. The number of hydrogen-bond acceptors (Lipinski definition) is 15. The van der Waals surface area contributed by atoms with Gasteiger partial charge in [0.05, 0.1) is 26.4 Å². The molecule has 3 N–H and O–H groups in total. The highest BCUT2D eigenvalue weighted by Gasteiger charge is 2.30. The Labute approximate surface area is 613 Å². The number of hydrogen-bond donors (Lipinski definition) is 3. The van der Waals surface area contributed by atoms with Gasteiger partial charge >= 0.3 is 39.5 Å². The fraction of sp³-hybridized carbons (Fsp3) is 0.951. The average molecular weight is 1470 g/mol. The van der Waals surface area contributed by atoms with Crippen LogP contribution in [0.15, 0.2) is 0 Å². The van der Waals surface area contributed by atoms with Crippen LogP contribution in [0.2, 0.25) is 0 Å². The molecule has 0 aliphatic heterocycles. The topological polar surface area (TPSA) is 237 Å². The second kappa shape index (κ2) is 72.6. The van der Waals surface area contributed by atoms with Crippen LogP contribution in [-0.2, 0) is 65.4 Å². The third-order valence-corrected chi connectivity index (χ3v) is 20.9. The molecule has 0 aromatic heterocycles. The molecule has 19 heteroatoms. The van der Waals surface area contributed by atoms with E-state index in [4.69, 9.17) is 37.0 Å². The normalized spacial score (nSPS) is 13.9. The fourth-order valence-corrected chi connectivity index (χ4v) is 14.1. The molecule has 0 radical (unpaired) electrons. The van der Waals surface area contributed by atoms with Crippen LogP contribution in [0.25, 0.3) is 0 Å². The van der Waals surface area contributed by atoms with Crippen LogP contribution in [0.4, 0.5) is 0 Å². The number of carbonyl (C=O) groups is 4. The molecule has 594 valence electrons. The summed E-state index contributed by atoms with van der Waals surface area (Å²) in [5, 5.41) is 10.6. The van der Waals surface area contributed by atoms with Crippen LogP contribution < -0.4 is 0 Å². The molecular weight excluding hydrogens is 1310 g/mol. The van der Waals surface area contributed by atoms with E-state index >= 15 is 0 Å². The minimum atomic E-state index is -4.96. The van der Waals surface area contributed by atoms with E-state index in [0.29, 0.717) is 25.7 Å². The average Bonchev–Trinajstić information content (AvgIpc) is 0.946. The molecule has 0 saturated carbocycles. The Bertz CT molecular complexity index is 1920. The minimum absolute atomic E-state index is 0.105. The number of aliphatic hydroxyl groups excluding tert-OH is 1. The number of ether oxygens (including phenoxy) is 4. The Hall–Kier alpha value is -1.94. The van der Waals surface area contributed by atoms with Gasteiger partial charge in [-0.1, -0.05) is 375 Å². The largest absolute Gasteiger partial charge is 0.472 e. The molecule has 17 nitrogen and oxygen atoms in total. The van der Waals surface area contributed by atoms with Gasteiger partial charge in [0.1, 0.15) is 19.3 Å². The minimum Gasteiger partial charge on any atom is -0.462 e. The summed E-state index contributed by atoms with van der Waals surface area (Å²) in [4.78, 5) is 72.9. The lowest BCUT2D eigenvalue weighted by Gasteiger charge is -2.21. The smallest absolute Gasteiger partial charge is 0.462 e. The highest BCUT2D eigenvalue weighted by Crippen LogP contribution is 2.45. The Morgan fingerprint density at radius 2 is 0.460 bits per heavy atom. The molecule has 0 spiro atoms. The zero-order valence-corrected chi connectivity index (χ0v) is 67.3. The maximum atomic E-state index is 13.1. The van der Waals surface area contributed by atoms with E-state index in [0.717, 1.165) is 108 Å². The number of esters is 4. The van der Waals surface area contributed by atoms with Gasteiger partial charge in [0.2, 0.25) is 0 Å². The predicted octanol–water partition coefficient (Wildman–Crippen LogP) is 24.3. The quantitative estimate of drug-likeness (QED) is 0.0222. The number of phosphoric acid groups is 2. The predicted molar refractivity (Wildman–Crippen MR) is 409 cm³/mol. The van der Waals surface area contributed by atoms with Crippen molar-refractivity contribution in [1.29, 1.82) is 0 Å². The van der Waals surface area contributed by atoms with Crippen LogP contribution in [-0.4, -0.2) is 96.7 Å². The monoisotopic (exact) mass is 1470 g/mol. The Kier molecular flexibility index (Phi) is 71.2. The summed E-state index contributed by atoms with van der Waals surface area (Å²) in [5.41, 5.74) is 0. The second-order valence-electron chi connectivity index (χ2n) is 30.1. The third-order valence-electron chi connectivity index (χ3n) is 19.0. The summed E-state index contributed by atoms with van der Waals surface area (Å²) >= 11 is 0. The molecule has 2 unspecified atom stereocenters. The fourth-order valence-electron chi connectivity index (χ4n) is 12.5. The zero-order chi connectivity index (χ0) is 73.5. The summed E-state index contributed by atoms with van der Waals surface area (Å²) in [7, 11) is -9.91. The van der Waals surface area contributed by atoms with Crippen LogP contribution in [0.5, 0.6) is 0 Å². The molecule has 100 heavy (non-hydrogen) atoms. The highest BCUT2D eigenvalue weighted by molar-refractivity contribution is 7.47. The number of rotatable bonds is 80. The Balaban J connectivity index is 5.18. The van der Waals surface area contributed by atoms with Crippen molar-refractivity contribution in [3.8, 4) is 0 Å². The molecule has 0 saturated heterocycles. The lowest BCUT2D eigenvalue weighted by Crippen LogP contribution is -2.30. The summed E-state index contributed by atoms with van der Waals surface area (Å²) in [5.74, 6) is -0.564. The van der Waals surface area contributed by atoms with Crippen LogP contribution >= 0.6 is 15.6 Å².